The quantitative estimate of drug-likeness (QED) is 0.744. The Morgan fingerprint density at radius 1 is 1.46 bits per heavy atom. The van der Waals surface area contributed by atoms with E-state index in [2.05, 4.69) is 10.4 Å². The first-order valence-electron chi connectivity index (χ1n) is 7.51. The molecule has 1 atom stereocenters. The molecule has 0 saturated carbocycles. The molecule has 0 radical (unpaired) electrons. The monoisotopic (exact) mass is 345 g/mol. The maximum absolute atomic E-state index is 12.6. The van der Waals surface area contributed by atoms with E-state index in [0.29, 0.717) is 16.8 Å². The van der Waals surface area contributed by atoms with Crippen molar-refractivity contribution in [3.05, 3.63) is 63.5 Å². The highest BCUT2D eigenvalue weighted by atomic mass is 32.1. The molecule has 0 saturated heterocycles. The second-order valence-corrected chi connectivity index (χ2v) is 6.65. The van der Waals surface area contributed by atoms with Crippen LogP contribution in [0.2, 0.25) is 0 Å². The largest absolute Gasteiger partial charge is 0.472 e. The summed E-state index contributed by atoms with van der Waals surface area (Å²) in [6, 6.07) is 5.40. The number of nitrogens with one attached hydrogen (secondary N) is 1. The third-order valence-electron chi connectivity index (χ3n) is 4.17. The Labute approximate surface area is 143 Å². The van der Waals surface area contributed by atoms with Crippen molar-refractivity contribution >= 4 is 17.2 Å². The molecule has 0 aliphatic rings. The van der Waals surface area contributed by atoms with Crippen LogP contribution in [0.5, 0.6) is 0 Å². The lowest BCUT2D eigenvalue weighted by Crippen LogP contribution is -2.41. The van der Waals surface area contributed by atoms with Gasteiger partial charge in [0.1, 0.15) is 5.60 Å². The van der Waals surface area contributed by atoms with E-state index in [1.165, 1.54) is 23.9 Å². The molecule has 2 N–H and O–H groups in total. The Balaban J connectivity index is 1.86. The molecule has 3 rings (SSSR count). The fourth-order valence-electron chi connectivity index (χ4n) is 2.74. The topological polar surface area (TPSA) is 80.3 Å². The van der Waals surface area contributed by atoms with Crippen LogP contribution >= 0.6 is 11.3 Å². The summed E-state index contributed by atoms with van der Waals surface area (Å²) in [6.45, 7) is 3.68. The molecule has 1 unspecified atom stereocenters. The molecule has 0 aliphatic carbocycles. The molecule has 126 valence electrons. The summed E-state index contributed by atoms with van der Waals surface area (Å²) in [5.74, 6) is -0.253. The molecule has 0 aliphatic heterocycles. The lowest BCUT2D eigenvalue weighted by atomic mass is 9.94. The molecule has 1 amide bonds. The number of carbonyl (C=O) groups excluding carboxylic acids is 1. The molecule has 6 nitrogen and oxygen atoms in total. The molecule has 0 aromatic carbocycles. The van der Waals surface area contributed by atoms with Crippen LogP contribution < -0.4 is 5.32 Å². The molecular formula is C17H19N3O3S. The highest BCUT2D eigenvalue weighted by molar-refractivity contribution is 7.10. The van der Waals surface area contributed by atoms with Gasteiger partial charge in [-0.15, -0.1) is 11.3 Å². The third kappa shape index (κ3) is 2.76. The zero-order chi connectivity index (χ0) is 17.3. The van der Waals surface area contributed by atoms with Gasteiger partial charge in [-0.2, -0.15) is 5.10 Å². The molecule has 0 bridgehead atoms. The highest BCUT2D eigenvalue weighted by Crippen LogP contribution is 2.32. The van der Waals surface area contributed by atoms with E-state index in [4.69, 9.17) is 4.42 Å². The van der Waals surface area contributed by atoms with Crippen molar-refractivity contribution in [3.63, 3.8) is 0 Å². The molecule has 3 heterocycles. The number of hydrogen-bond donors (Lipinski definition) is 2. The Hall–Kier alpha value is -2.38. The van der Waals surface area contributed by atoms with E-state index in [0.717, 1.165) is 10.6 Å². The van der Waals surface area contributed by atoms with Crippen molar-refractivity contribution in [1.29, 1.82) is 0 Å². The Kier molecular flexibility index (Phi) is 4.29. The van der Waals surface area contributed by atoms with Gasteiger partial charge in [0.15, 0.2) is 0 Å². The van der Waals surface area contributed by atoms with Crippen molar-refractivity contribution in [2.24, 2.45) is 7.05 Å². The van der Waals surface area contributed by atoms with Gasteiger partial charge in [0.2, 0.25) is 0 Å². The van der Waals surface area contributed by atoms with Crippen LogP contribution in [-0.4, -0.2) is 27.3 Å². The van der Waals surface area contributed by atoms with Crippen molar-refractivity contribution in [1.82, 2.24) is 15.1 Å². The van der Waals surface area contributed by atoms with Crippen molar-refractivity contribution in [2.75, 3.05) is 6.54 Å². The first kappa shape index (κ1) is 16.5. The van der Waals surface area contributed by atoms with Gasteiger partial charge in [-0.1, -0.05) is 6.07 Å². The number of carbonyl (C=O) groups is 1. The summed E-state index contributed by atoms with van der Waals surface area (Å²) < 4.78 is 6.78. The van der Waals surface area contributed by atoms with Gasteiger partial charge in [0.25, 0.3) is 5.91 Å². The van der Waals surface area contributed by atoms with Crippen molar-refractivity contribution in [3.8, 4) is 0 Å². The van der Waals surface area contributed by atoms with Gasteiger partial charge in [-0.05, 0) is 31.4 Å². The van der Waals surface area contributed by atoms with E-state index < -0.39 is 5.60 Å². The SMILES string of the molecule is Cc1nn(C)c(C)c1C(=O)NCC(O)(c1ccoc1)c1cccs1. The van der Waals surface area contributed by atoms with Gasteiger partial charge in [-0.25, -0.2) is 0 Å². The number of amides is 1. The van der Waals surface area contributed by atoms with E-state index in [1.807, 2.05) is 24.4 Å². The predicted octanol–water partition coefficient (Wildman–Crippen LogP) is 2.36. The summed E-state index contributed by atoms with van der Waals surface area (Å²) in [6.07, 6.45) is 3.00. The molecule has 3 aromatic rings. The van der Waals surface area contributed by atoms with Gasteiger partial charge < -0.3 is 14.8 Å². The van der Waals surface area contributed by atoms with Crippen LogP contribution in [0.3, 0.4) is 0 Å². The fraction of sp³-hybridized carbons (Fsp3) is 0.294. The standard InChI is InChI=1S/C17H19N3O3S/c1-11-15(12(2)20(3)19-11)16(21)18-10-17(22,13-6-7-23-9-13)14-5-4-8-24-14/h4-9,22H,10H2,1-3H3,(H,18,21). The van der Waals surface area contributed by atoms with E-state index in [9.17, 15) is 9.90 Å². The van der Waals surface area contributed by atoms with Crippen molar-refractivity contribution < 1.29 is 14.3 Å². The van der Waals surface area contributed by atoms with Gasteiger partial charge >= 0.3 is 0 Å². The summed E-state index contributed by atoms with van der Waals surface area (Å²) in [4.78, 5) is 13.3. The Morgan fingerprint density at radius 2 is 2.25 bits per heavy atom. The van der Waals surface area contributed by atoms with Gasteiger partial charge in [-0.3, -0.25) is 9.48 Å². The number of rotatable bonds is 5. The first-order valence-corrected chi connectivity index (χ1v) is 8.39. The highest BCUT2D eigenvalue weighted by Gasteiger charge is 2.34. The van der Waals surface area contributed by atoms with Crippen LogP contribution in [0, 0.1) is 13.8 Å². The van der Waals surface area contributed by atoms with Crippen LogP contribution in [0.15, 0.2) is 40.5 Å². The number of aromatic nitrogens is 2. The third-order valence-corrected chi connectivity index (χ3v) is 5.19. The maximum Gasteiger partial charge on any atom is 0.255 e. The van der Waals surface area contributed by atoms with Gasteiger partial charge in [0.05, 0.1) is 30.3 Å². The molecule has 7 heteroatoms. The number of aryl methyl sites for hydroxylation is 2. The van der Waals surface area contributed by atoms with E-state index >= 15 is 0 Å². The second kappa shape index (κ2) is 6.26. The van der Waals surface area contributed by atoms with E-state index in [1.54, 1.807) is 24.7 Å². The van der Waals surface area contributed by atoms with Crippen LogP contribution in [0.1, 0.15) is 32.2 Å². The molecule has 0 spiro atoms. The minimum atomic E-state index is -1.33. The molecule has 24 heavy (non-hydrogen) atoms. The minimum Gasteiger partial charge on any atom is -0.472 e. The Morgan fingerprint density at radius 3 is 2.79 bits per heavy atom. The first-order chi connectivity index (χ1) is 11.4. The summed E-state index contributed by atoms with van der Waals surface area (Å²) in [5, 5.41) is 20.2. The second-order valence-electron chi connectivity index (χ2n) is 5.70. The average Bonchev–Trinajstić information content (AvgIpc) is 3.28. The van der Waals surface area contributed by atoms with E-state index in [-0.39, 0.29) is 12.5 Å². The summed E-state index contributed by atoms with van der Waals surface area (Å²) >= 11 is 1.43. The minimum absolute atomic E-state index is 0.0413. The molecule has 3 aromatic heterocycles. The van der Waals surface area contributed by atoms with Gasteiger partial charge in [0, 0.05) is 23.2 Å². The Bertz CT molecular complexity index is 801. The van der Waals surface area contributed by atoms with Crippen LogP contribution in [-0.2, 0) is 12.6 Å². The molecule has 0 fully saturated rings. The summed E-state index contributed by atoms with van der Waals surface area (Å²) in [5.41, 5.74) is 1.26. The van der Waals surface area contributed by atoms with Crippen molar-refractivity contribution in [2.45, 2.75) is 19.4 Å². The smallest absolute Gasteiger partial charge is 0.255 e. The average molecular weight is 345 g/mol. The molecular weight excluding hydrogens is 326 g/mol. The number of nitrogens with zero attached hydrogens (tertiary/aromatic N) is 2. The predicted molar refractivity (Wildman–Crippen MR) is 91.0 cm³/mol. The number of thiophene rings is 1. The summed E-state index contributed by atoms with van der Waals surface area (Å²) in [7, 11) is 1.80. The number of aliphatic hydroxyl groups is 1. The lowest BCUT2D eigenvalue weighted by molar-refractivity contribution is 0.0713. The number of furan rings is 1. The maximum atomic E-state index is 12.6. The zero-order valence-corrected chi connectivity index (χ0v) is 14.6. The zero-order valence-electron chi connectivity index (χ0n) is 13.7. The van der Waals surface area contributed by atoms with Crippen LogP contribution in [0.4, 0.5) is 0 Å². The van der Waals surface area contributed by atoms with Crippen LogP contribution in [0.25, 0.3) is 0 Å². The lowest BCUT2D eigenvalue weighted by Gasteiger charge is -2.26. The number of hydrogen-bond acceptors (Lipinski definition) is 5. The normalized spacial score (nSPS) is 13.7. The fourth-order valence-corrected chi connectivity index (χ4v) is 3.59.